The molecular weight excluding hydrogens is 350 g/mol. The van der Waals surface area contributed by atoms with E-state index >= 15 is 0 Å². The third-order valence-corrected chi connectivity index (χ3v) is 4.14. The highest BCUT2D eigenvalue weighted by Crippen LogP contribution is 2.34. The lowest BCUT2D eigenvalue weighted by Gasteiger charge is -2.14. The van der Waals surface area contributed by atoms with Gasteiger partial charge in [0.25, 0.3) is 5.91 Å². The van der Waals surface area contributed by atoms with Crippen LogP contribution in [0.3, 0.4) is 0 Å². The molecule has 0 atom stereocenters. The highest BCUT2D eigenvalue weighted by atomic mass is 16.5. The number of esters is 1. The molecule has 0 bridgehead atoms. The molecule has 2 aromatic carbocycles. The standard InChI is InChI=1S/C20H23NO6/c1-12-7-6-8-15(13(12)2)21-19(22)11-27-20(23)14-9-17(25-4)18(26-5)10-16(14)24-3/h6-10H,11H2,1-5H3,(H,21,22). The van der Waals surface area contributed by atoms with Crippen LogP contribution < -0.4 is 19.5 Å². The molecule has 1 amide bonds. The summed E-state index contributed by atoms with van der Waals surface area (Å²) in [7, 11) is 4.36. The zero-order valence-electron chi connectivity index (χ0n) is 16.0. The smallest absolute Gasteiger partial charge is 0.342 e. The van der Waals surface area contributed by atoms with E-state index in [2.05, 4.69) is 5.32 Å². The van der Waals surface area contributed by atoms with Gasteiger partial charge in [-0.2, -0.15) is 0 Å². The van der Waals surface area contributed by atoms with Crippen molar-refractivity contribution in [3.63, 3.8) is 0 Å². The Hall–Kier alpha value is -3.22. The monoisotopic (exact) mass is 373 g/mol. The Labute approximate surface area is 158 Å². The normalized spacial score (nSPS) is 10.1. The van der Waals surface area contributed by atoms with Gasteiger partial charge in [-0.05, 0) is 31.0 Å². The molecule has 0 spiro atoms. The summed E-state index contributed by atoms with van der Waals surface area (Å²) in [5.74, 6) is -0.114. The zero-order chi connectivity index (χ0) is 20.0. The molecule has 0 aliphatic carbocycles. The fourth-order valence-corrected chi connectivity index (χ4v) is 2.47. The topological polar surface area (TPSA) is 83.1 Å². The minimum absolute atomic E-state index is 0.134. The minimum Gasteiger partial charge on any atom is -0.496 e. The first-order valence-electron chi connectivity index (χ1n) is 8.24. The van der Waals surface area contributed by atoms with Crippen molar-refractivity contribution in [3.8, 4) is 17.2 Å². The van der Waals surface area contributed by atoms with Gasteiger partial charge in [0, 0.05) is 17.8 Å². The molecule has 0 aromatic heterocycles. The molecule has 0 fully saturated rings. The van der Waals surface area contributed by atoms with Crippen LogP contribution in [0.25, 0.3) is 0 Å². The summed E-state index contributed by atoms with van der Waals surface area (Å²) >= 11 is 0. The number of ether oxygens (including phenoxy) is 4. The van der Waals surface area contributed by atoms with Crippen molar-refractivity contribution in [2.75, 3.05) is 33.3 Å². The van der Waals surface area contributed by atoms with Gasteiger partial charge >= 0.3 is 5.97 Å². The molecule has 7 nitrogen and oxygen atoms in total. The lowest BCUT2D eigenvalue weighted by Crippen LogP contribution is -2.21. The van der Waals surface area contributed by atoms with Gasteiger partial charge in [-0.15, -0.1) is 0 Å². The maximum atomic E-state index is 12.4. The number of carbonyl (C=O) groups is 2. The van der Waals surface area contributed by atoms with E-state index in [0.29, 0.717) is 17.2 Å². The van der Waals surface area contributed by atoms with Crippen LogP contribution in [0.1, 0.15) is 21.5 Å². The quantitative estimate of drug-likeness (QED) is 0.751. The van der Waals surface area contributed by atoms with Crippen LogP contribution in [0, 0.1) is 13.8 Å². The second kappa shape index (κ2) is 8.93. The van der Waals surface area contributed by atoms with Crippen molar-refractivity contribution in [2.45, 2.75) is 13.8 Å². The molecule has 144 valence electrons. The van der Waals surface area contributed by atoms with E-state index in [-0.39, 0.29) is 11.3 Å². The summed E-state index contributed by atoms with van der Waals surface area (Å²) in [5, 5.41) is 2.74. The minimum atomic E-state index is -0.705. The number of anilines is 1. The van der Waals surface area contributed by atoms with Crippen LogP contribution in [0.2, 0.25) is 0 Å². The first kappa shape index (κ1) is 20.1. The Bertz CT molecular complexity index is 847. The molecule has 0 unspecified atom stereocenters. The van der Waals surface area contributed by atoms with Crippen LogP contribution in [0.15, 0.2) is 30.3 Å². The summed E-state index contributed by atoms with van der Waals surface area (Å²) in [6.45, 7) is 3.43. The molecule has 0 aliphatic heterocycles. The summed E-state index contributed by atoms with van der Waals surface area (Å²) in [6.07, 6.45) is 0. The van der Waals surface area contributed by atoms with Gasteiger partial charge in [-0.1, -0.05) is 12.1 Å². The van der Waals surface area contributed by atoms with Crippen molar-refractivity contribution < 1.29 is 28.5 Å². The number of hydrogen-bond acceptors (Lipinski definition) is 6. The van der Waals surface area contributed by atoms with Crippen LogP contribution in [-0.2, 0) is 9.53 Å². The first-order chi connectivity index (χ1) is 12.9. The van der Waals surface area contributed by atoms with Gasteiger partial charge in [-0.25, -0.2) is 4.79 Å². The molecule has 0 radical (unpaired) electrons. The van der Waals surface area contributed by atoms with Gasteiger partial charge in [0.15, 0.2) is 18.1 Å². The van der Waals surface area contributed by atoms with E-state index in [4.69, 9.17) is 18.9 Å². The summed E-state index contributed by atoms with van der Waals surface area (Å²) < 4.78 is 20.7. The molecule has 0 saturated carbocycles. The Morgan fingerprint density at radius 3 is 2.19 bits per heavy atom. The highest BCUT2D eigenvalue weighted by Gasteiger charge is 2.20. The molecule has 0 heterocycles. The van der Waals surface area contributed by atoms with E-state index in [1.807, 2.05) is 26.0 Å². The summed E-state index contributed by atoms with van der Waals surface area (Å²) in [5.41, 5.74) is 2.83. The Morgan fingerprint density at radius 2 is 1.56 bits per heavy atom. The third-order valence-electron chi connectivity index (χ3n) is 4.14. The van der Waals surface area contributed by atoms with Gasteiger partial charge in [0.1, 0.15) is 11.3 Å². The Balaban J connectivity index is 2.09. The summed E-state index contributed by atoms with van der Waals surface area (Å²) in [6, 6.07) is 8.56. The number of carbonyl (C=O) groups excluding carboxylic acids is 2. The molecule has 0 saturated heterocycles. The lowest BCUT2D eigenvalue weighted by molar-refractivity contribution is -0.119. The maximum Gasteiger partial charge on any atom is 0.342 e. The number of benzene rings is 2. The van der Waals surface area contributed by atoms with Crippen LogP contribution in [0.5, 0.6) is 17.2 Å². The van der Waals surface area contributed by atoms with Crippen LogP contribution >= 0.6 is 0 Å². The third kappa shape index (κ3) is 4.69. The van der Waals surface area contributed by atoms with E-state index in [1.54, 1.807) is 6.07 Å². The second-order valence-corrected chi connectivity index (χ2v) is 5.78. The van der Waals surface area contributed by atoms with Crippen molar-refractivity contribution in [1.82, 2.24) is 0 Å². The predicted octanol–water partition coefficient (Wildman–Crippen LogP) is 3.12. The average molecular weight is 373 g/mol. The lowest BCUT2D eigenvalue weighted by atomic mass is 10.1. The largest absolute Gasteiger partial charge is 0.496 e. The number of aryl methyl sites for hydroxylation is 1. The number of hydrogen-bond donors (Lipinski definition) is 1. The van der Waals surface area contributed by atoms with Gasteiger partial charge in [-0.3, -0.25) is 4.79 Å². The van der Waals surface area contributed by atoms with E-state index in [9.17, 15) is 9.59 Å². The van der Waals surface area contributed by atoms with E-state index < -0.39 is 18.5 Å². The molecule has 2 rings (SSSR count). The fourth-order valence-electron chi connectivity index (χ4n) is 2.47. The maximum absolute atomic E-state index is 12.4. The van der Waals surface area contributed by atoms with Gasteiger partial charge in [0.05, 0.1) is 21.3 Å². The number of rotatable bonds is 7. The molecule has 0 aliphatic rings. The van der Waals surface area contributed by atoms with E-state index in [1.165, 1.54) is 33.5 Å². The van der Waals surface area contributed by atoms with Gasteiger partial charge in [0.2, 0.25) is 0 Å². The van der Waals surface area contributed by atoms with Gasteiger partial charge < -0.3 is 24.3 Å². The summed E-state index contributed by atoms with van der Waals surface area (Å²) in [4.78, 5) is 24.5. The second-order valence-electron chi connectivity index (χ2n) is 5.78. The number of methoxy groups -OCH3 is 3. The average Bonchev–Trinajstić information content (AvgIpc) is 2.68. The van der Waals surface area contributed by atoms with Crippen molar-refractivity contribution in [2.24, 2.45) is 0 Å². The fraction of sp³-hybridized carbons (Fsp3) is 0.300. The van der Waals surface area contributed by atoms with Crippen LogP contribution in [0.4, 0.5) is 5.69 Å². The number of amides is 1. The Morgan fingerprint density at radius 1 is 0.926 bits per heavy atom. The number of nitrogens with one attached hydrogen (secondary N) is 1. The Kier molecular flexibility index (Phi) is 6.65. The molecule has 7 heteroatoms. The molecule has 27 heavy (non-hydrogen) atoms. The highest BCUT2D eigenvalue weighted by molar-refractivity contribution is 5.97. The molecule has 2 aromatic rings. The zero-order valence-corrected chi connectivity index (χ0v) is 16.0. The van der Waals surface area contributed by atoms with Crippen molar-refractivity contribution >= 4 is 17.6 Å². The SMILES string of the molecule is COc1cc(OC)c(C(=O)OCC(=O)Nc2cccc(C)c2C)cc1OC. The van der Waals surface area contributed by atoms with E-state index in [0.717, 1.165) is 11.1 Å². The van der Waals surface area contributed by atoms with Crippen molar-refractivity contribution in [1.29, 1.82) is 0 Å². The van der Waals surface area contributed by atoms with Crippen molar-refractivity contribution in [3.05, 3.63) is 47.0 Å². The molecule has 1 N–H and O–H groups in total. The predicted molar refractivity (Wildman–Crippen MR) is 101 cm³/mol. The first-order valence-corrected chi connectivity index (χ1v) is 8.24. The molecular formula is C20H23NO6. The van der Waals surface area contributed by atoms with Crippen LogP contribution in [-0.4, -0.2) is 39.8 Å².